The number of carbonyl (C=O) groups is 2. The minimum Gasteiger partial charge on any atom is -0.355 e. The van der Waals surface area contributed by atoms with Gasteiger partial charge in [-0.1, -0.05) is 12.1 Å². The van der Waals surface area contributed by atoms with Crippen LogP contribution in [0, 0.1) is 0 Å². The van der Waals surface area contributed by atoms with Crippen LogP contribution in [0.15, 0.2) is 24.3 Å². The fourth-order valence-corrected chi connectivity index (χ4v) is 2.40. The van der Waals surface area contributed by atoms with Gasteiger partial charge in [0.2, 0.25) is 5.91 Å². The first kappa shape index (κ1) is 20.8. The number of thioether (sulfide) groups is 1. The first-order chi connectivity index (χ1) is 9.99. The third-order valence-electron chi connectivity index (χ3n) is 3.19. The molecule has 0 unspecified atom stereocenters. The molecule has 0 fully saturated rings. The van der Waals surface area contributed by atoms with Crippen LogP contribution < -0.4 is 11.1 Å². The van der Waals surface area contributed by atoms with E-state index in [0.29, 0.717) is 18.5 Å². The number of likely N-dealkylation sites (N-methyl/N-ethyl adjacent to an activating group) is 1. The van der Waals surface area contributed by atoms with E-state index < -0.39 is 6.04 Å². The lowest BCUT2D eigenvalue weighted by Gasteiger charge is -2.21. The highest BCUT2D eigenvalue weighted by Gasteiger charge is 2.17. The first-order valence-corrected chi connectivity index (χ1v) is 8.19. The Labute approximate surface area is 142 Å². The molecule has 0 radical (unpaired) electrons. The van der Waals surface area contributed by atoms with Crippen molar-refractivity contribution in [2.75, 3.05) is 26.1 Å². The van der Waals surface area contributed by atoms with Gasteiger partial charge in [0.1, 0.15) is 0 Å². The molecule has 22 heavy (non-hydrogen) atoms. The predicted molar refractivity (Wildman–Crippen MR) is 94.5 cm³/mol. The number of halogens is 1. The van der Waals surface area contributed by atoms with Gasteiger partial charge in [-0.3, -0.25) is 9.59 Å². The van der Waals surface area contributed by atoms with Gasteiger partial charge < -0.3 is 16.0 Å². The first-order valence-electron chi connectivity index (χ1n) is 6.80. The molecule has 124 valence electrons. The van der Waals surface area contributed by atoms with E-state index in [2.05, 4.69) is 5.32 Å². The number of rotatable bonds is 7. The third kappa shape index (κ3) is 6.25. The van der Waals surface area contributed by atoms with Crippen LogP contribution in [-0.2, 0) is 11.3 Å². The minimum atomic E-state index is -0.451. The average molecular weight is 346 g/mol. The van der Waals surface area contributed by atoms with Gasteiger partial charge in [0.05, 0.1) is 6.04 Å². The molecule has 1 aromatic rings. The zero-order chi connectivity index (χ0) is 15.8. The van der Waals surface area contributed by atoms with Crippen LogP contribution in [0.4, 0.5) is 0 Å². The summed E-state index contributed by atoms with van der Waals surface area (Å²) in [6.45, 7) is 0.486. The van der Waals surface area contributed by atoms with Gasteiger partial charge in [-0.15, -0.1) is 12.4 Å². The highest BCUT2D eigenvalue weighted by atomic mass is 35.5. The molecule has 0 aromatic heterocycles. The van der Waals surface area contributed by atoms with E-state index in [1.54, 1.807) is 42.9 Å². The number of carbonyl (C=O) groups excluding carboxylic acids is 2. The molecule has 0 saturated heterocycles. The van der Waals surface area contributed by atoms with Crippen LogP contribution in [0.1, 0.15) is 22.3 Å². The smallest absolute Gasteiger partial charge is 0.251 e. The summed E-state index contributed by atoms with van der Waals surface area (Å²) in [4.78, 5) is 25.2. The molecule has 2 amide bonds. The summed E-state index contributed by atoms with van der Waals surface area (Å²) < 4.78 is 0. The number of nitrogens with one attached hydrogen (secondary N) is 1. The Hall–Kier alpha value is -1.24. The number of nitrogens with zero attached hydrogens (tertiary/aromatic N) is 1. The van der Waals surface area contributed by atoms with E-state index in [1.807, 2.05) is 18.4 Å². The van der Waals surface area contributed by atoms with Gasteiger partial charge in [-0.05, 0) is 36.1 Å². The molecule has 0 heterocycles. The fraction of sp³-hybridized carbons (Fsp3) is 0.467. The van der Waals surface area contributed by atoms with Crippen molar-refractivity contribution in [3.05, 3.63) is 35.4 Å². The number of hydrogen-bond donors (Lipinski definition) is 2. The Morgan fingerprint density at radius 1 is 1.32 bits per heavy atom. The zero-order valence-electron chi connectivity index (χ0n) is 13.2. The number of hydrogen-bond acceptors (Lipinski definition) is 4. The van der Waals surface area contributed by atoms with E-state index in [-0.39, 0.29) is 24.2 Å². The maximum absolute atomic E-state index is 12.1. The van der Waals surface area contributed by atoms with Gasteiger partial charge in [-0.2, -0.15) is 11.8 Å². The van der Waals surface area contributed by atoms with E-state index in [1.165, 1.54) is 0 Å². The Kier molecular flexibility index (Phi) is 9.89. The van der Waals surface area contributed by atoms with E-state index in [0.717, 1.165) is 11.3 Å². The monoisotopic (exact) mass is 345 g/mol. The van der Waals surface area contributed by atoms with Gasteiger partial charge in [0, 0.05) is 26.2 Å². The molecule has 1 aromatic carbocycles. The molecule has 1 atom stereocenters. The molecule has 1 rings (SSSR count). The molecular weight excluding hydrogens is 322 g/mol. The van der Waals surface area contributed by atoms with Crippen molar-refractivity contribution in [3.63, 3.8) is 0 Å². The summed E-state index contributed by atoms with van der Waals surface area (Å²) in [6.07, 6.45) is 2.68. The van der Waals surface area contributed by atoms with Crippen LogP contribution in [-0.4, -0.2) is 48.9 Å². The quantitative estimate of drug-likeness (QED) is 0.785. The maximum Gasteiger partial charge on any atom is 0.251 e. The molecule has 0 spiro atoms. The number of nitrogens with two attached hydrogens (primary N) is 1. The van der Waals surface area contributed by atoms with E-state index >= 15 is 0 Å². The topological polar surface area (TPSA) is 75.4 Å². The molecule has 0 aliphatic carbocycles. The Bertz CT molecular complexity index is 482. The summed E-state index contributed by atoms with van der Waals surface area (Å²) in [5, 5.41) is 2.57. The van der Waals surface area contributed by atoms with Gasteiger partial charge in [0.15, 0.2) is 0 Å². The molecule has 5 nitrogen and oxygen atoms in total. The van der Waals surface area contributed by atoms with Crippen molar-refractivity contribution in [3.8, 4) is 0 Å². The van der Waals surface area contributed by atoms with Crippen LogP contribution in [0.2, 0.25) is 0 Å². The van der Waals surface area contributed by atoms with Crippen LogP contribution in [0.3, 0.4) is 0 Å². The van der Waals surface area contributed by atoms with Crippen molar-refractivity contribution >= 4 is 36.0 Å². The van der Waals surface area contributed by atoms with E-state index in [4.69, 9.17) is 5.73 Å². The van der Waals surface area contributed by atoms with Crippen LogP contribution in [0.25, 0.3) is 0 Å². The largest absolute Gasteiger partial charge is 0.355 e. The highest BCUT2D eigenvalue weighted by molar-refractivity contribution is 7.98. The van der Waals surface area contributed by atoms with Crippen molar-refractivity contribution in [1.82, 2.24) is 10.2 Å². The van der Waals surface area contributed by atoms with Gasteiger partial charge in [-0.25, -0.2) is 0 Å². The number of amides is 2. The summed E-state index contributed by atoms with van der Waals surface area (Å²) in [7, 11) is 3.34. The highest BCUT2D eigenvalue weighted by Crippen LogP contribution is 2.09. The lowest BCUT2D eigenvalue weighted by atomic mass is 10.1. The second-order valence-corrected chi connectivity index (χ2v) is 5.84. The normalized spacial score (nSPS) is 11.3. The molecular formula is C15H24ClN3O2S. The average Bonchev–Trinajstić information content (AvgIpc) is 2.51. The second kappa shape index (κ2) is 10.5. The summed E-state index contributed by atoms with van der Waals surface area (Å²) in [5.41, 5.74) is 7.45. The molecule has 7 heteroatoms. The summed E-state index contributed by atoms with van der Waals surface area (Å²) in [6, 6.07) is 6.75. The lowest BCUT2D eigenvalue weighted by Crippen LogP contribution is -2.41. The Balaban J connectivity index is 0.00000441. The van der Waals surface area contributed by atoms with Crippen LogP contribution >= 0.6 is 24.2 Å². The van der Waals surface area contributed by atoms with Crippen molar-refractivity contribution in [1.29, 1.82) is 0 Å². The zero-order valence-corrected chi connectivity index (χ0v) is 14.8. The lowest BCUT2D eigenvalue weighted by molar-refractivity contribution is -0.131. The predicted octanol–water partition coefficient (Wildman–Crippen LogP) is 1.51. The third-order valence-corrected chi connectivity index (χ3v) is 3.83. The van der Waals surface area contributed by atoms with Gasteiger partial charge >= 0.3 is 0 Å². The Morgan fingerprint density at radius 2 is 1.91 bits per heavy atom. The minimum absolute atomic E-state index is 0. The maximum atomic E-state index is 12.1. The van der Waals surface area contributed by atoms with Crippen molar-refractivity contribution < 1.29 is 9.59 Å². The Morgan fingerprint density at radius 3 is 2.41 bits per heavy atom. The SMILES string of the molecule is CNC(=O)c1ccc(CN(C)C(=O)[C@@H](N)CCSC)cc1.Cl. The summed E-state index contributed by atoms with van der Waals surface area (Å²) in [5.74, 6) is 0.700. The summed E-state index contributed by atoms with van der Waals surface area (Å²) >= 11 is 1.68. The van der Waals surface area contributed by atoms with Crippen molar-refractivity contribution in [2.24, 2.45) is 5.73 Å². The van der Waals surface area contributed by atoms with Gasteiger partial charge in [0.25, 0.3) is 5.91 Å². The molecule has 3 N–H and O–H groups in total. The molecule has 0 saturated carbocycles. The van der Waals surface area contributed by atoms with Crippen molar-refractivity contribution in [2.45, 2.75) is 19.0 Å². The number of benzene rings is 1. The van der Waals surface area contributed by atoms with Crippen LogP contribution in [0.5, 0.6) is 0 Å². The second-order valence-electron chi connectivity index (χ2n) is 4.86. The molecule has 0 aliphatic rings. The van der Waals surface area contributed by atoms with E-state index in [9.17, 15) is 9.59 Å². The fourth-order valence-electron chi connectivity index (χ4n) is 1.91. The standard InChI is InChI=1S/C15H23N3O2S.ClH/c1-17-14(19)12-6-4-11(5-7-12)10-18(2)15(20)13(16)8-9-21-3;/h4-7,13H,8-10,16H2,1-3H3,(H,17,19);1H/t13-;/m0./s1. The molecule has 0 aliphatic heterocycles. The molecule has 0 bridgehead atoms.